The Hall–Kier alpha value is -2.41. The molecular weight excluding hydrogens is 576 g/mol. The highest BCUT2D eigenvalue weighted by Gasteiger charge is 2.19. The first kappa shape index (κ1) is 43.6. The number of nitrogens with one attached hydrogen (secondary N) is 1. The number of esters is 1. The first-order valence-corrected chi connectivity index (χ1v) is 18.8. The molecule has 0 saturated heterocycles. The molecule has 7 nitrogen and oxygen atoms in total. The number of carbonyl (C=O) groups is 3. The zero-order valence-corrected chi connectivity index (χ0v) is 29.7. The van der Waals surface area contributed by atoms with Crippen LogP contribution >= 0.6 is 0 Å². The number of allylic oxidation sites excluding steroid dienone is 5. The van der Waals surface area contributed by atoms with E-state index in [9.17, 15) is 19.5 Å². The Morgan fingerprint density at radius 3 is 1.89 bits per heavy atom. The van der Waals surface area contributed by atoms with Crippen molar-refractivity contribution in [1.29, 1.82) is 0 Å². The van der Waals surface area contributed by atoms with E-state index in [1.807, 2.05) is 0 Å². The van der Waals surface area contributed by atoms with E-state index in [1.54, 1.807) is 0 Å². The van der Waals surface area contributed by atoms with Crippen molar-refractivity contribution in [3.8, 4) is 0 Å². The van der Waals surface area contributed by atoms with Gasteiger partial charge in [0.1, 0.15) is 12.1 Å². The summed E-state index contributed by atoms with van der Waals surface area (Å²) in [4.78, 5) is 36.2. The first-order chi connectivity index (χ1) is 22.4. The van der Waals surface area contributed by atoms with Crippen LogP contribution in [0.25, 0.3) is 0 Å². The summed E-state index contributed by atoms with van der Waals surface area (Å²) < 4.78 is 5.89. The molecule has 0 rings (SSSR count). The lowest BCUT2D eigenvalue weighted by Crippen LogP contribution is -2.40. The normalized spacial score (nSPS) is 13.1. The van der Waals surface area contributed by atoms with Gasteiger partial charge in [-0.1, -0.05) is 115 Å². The Bertz CT molecular complexity index is 823. The molecule has 0 aromatic heterocycles. The SMILES string of the molecule is CCC/C=C\C/C=C\CCCCCCCC(=O)OC(/C=C\CCCCCCCC)CCCCCCC(=O)NC(CCCN)C(=O)O. The number of nitrogens with two attached hydrogens (primary N) is 1. The second-order valence-corrected chi connectivity index (χ2v) is 12.6. The van der Waals surface area contributed by atoms with E-state index >= 15 is 0 Å². The third kappa shape index (κ3) is 30.3. The van der Waals surface area contributed by atoms with Crippen molar-refractivity contribution < 1.29 is 24.2 Å². The number of hydrogen-bond donors (Lipinski definition) is 3. The lowest BCUT2D eigenvalue weighted by atomic mass is 10.1. The molecule has 0 bridgehead atoms. The first-order valence-electron chi connectivity index (χ1n) is 18.8. The average Bonchev–Trinajstić information content (AvgIpc) is 3.04. The second-order valence-electron chi connectivity index (χ2n) is 12.6. The lowest BCUT2D eigenvalue weighted by Gasteiger charge is -2.15. The van der Waals surface area contributed by atoms with Crippen LogP contribution in [-0.2, 0) is 19.1 Å². The van der Waals surface area contributed by atoms with Crippen LogP contribution in [0.1, 0.15) is 174 Å². The van der Waals surface area contributed by atoms with Crippen molar-refractivity contribution in [3.63, 3.8) is 0 Å². The lowest BCUT2D eigenvalue weighted by molar-refractivity contribution is -0.147. The van der Waals surface area contributed by atoms with Crippen molar-refractivity contribution in [3.05, 3.63) is 36.5 Å². The summed E-state index contributed by atoms with van der Waals surface area (Å²) in [5.41, 5.74) is 5.47. The van der Waals surface area contributed by atoms with Crippen LogP contribution in [0.2, 0.25) is 0 Å². The van der Waals surface area contributed by atoms with E-state index in [-0.39, 0.29) is 18.0 Å². The van der Waals surface area contributed by atoms with Crippen molar-refractivity contribution in [2.75, 3.05) is 6.54 Å². The Kier molecular flexibility index (Phi) is 32.2. The molecule has 0 saturated carbocycles. The monoisotopic (exact) mass is 647 g/mol. The number of rotatable bonds is 33. The van der Waals surface area contributed by atoms with Gasteiger partial charge in [0.25, 0.3) is 0 Å². The van der Waals surface area contributed by atoms with E-state index in [0.717, 1.165) is 70.6 Å². The van der Waals surface area contributed by atoms with Gasteiger partial charge in [-0.05, 0) is 89.7 Å². The van der Waals surface area contributed by atoms with E-state index in [2.05, 4.69) is 55.6 Å². The Morgan fingerprint density at radius 2 is 1.24 bits per heavy atom. The van der Waals surface area contributed by atoms with Gasteiger partial charge in [0, 0.05) is 12.8 Å². The molecule has 266 valence electrons. The molecule has 0 aliphatic rings. The number of carboxylic acid groups (broad SMARTS) is 1. The average molecular weight is 647 g/mol. The molecule has 0 aromatic rings. The predicted octanol–water partition coefficient (Wildman–Crippen LogP) is 9.89. The smallest absolute Gasteiger partial charge is 0.326 e. The summed E-state index contributed by atoms with van der Waals surface area (Å²) in [6.07, 6.45) is 37.6. The minimum atomic E-state index is -1.02. The molecule has 0 heterocycles. The third-order valence-electron chi connectivity index (χ3n) is 8.14. The van der Waals surface area contributed by atoms with Gasteiger partial charge < -0.3 is 20.9 Å². The molecule has 0 aliphatic carbocycles. The number of hydrogen-bond acceptors (Lipinski definition) is 5. The minimum absolute atomic E-state index is 0.104. The Balaban J connectivity index is 4.37. The number of ether oxygens (including phenoxy) is 1. The topological polar surface area (TPSA) is 119 Å². The van der Waals surface area contributed by atoms with Gasteiger partial charge in [-0.3, -0.25) is 9.59 Å². The molecule has 46 heavy (non-hydrogen) atoms. The van der Waals surface area contributed by atoms with E-state index in [1.165, 1.54) is 57.8 Å². The largest absolute Gasteiger partial charge is 0.480 e. The molecule has 2 unspecified atom stereocenters. The summed E-state index contributed by atoms with van der Waals surface area (Å²) >= 11 is 0. The highest BCUT2D eigenvalue weighted by atomic mass is 16.5. The zero-order chi connectivity index (χ0) is 33.9. The van der Waals surface area contributed by atoms with Gasteiger partial charge in [0.05, 0.1) is 0 Å². The summed E-state index contributed by atoms with van der Waals surface area (Å²) in [6, 6.07) is -0.871. The predicted molar refractivity (Wildman–Crippen MR) is 193 cm³/mol. The Morgan fingerprint density at radius 1 is 0.652 bits per heavy atom. The van der Waals surface area contributed by atoms with Crippen molar-refractivity contribution in [1.82, 2.24) is 5.32 Å². The van der Waals surface area contributed by atoms with Gasteiger partial charge in [0.15, 0.2) is 0 Å². The molecule has 0 aromatic carbocycles. The van der Waals surface area contributed by atoms with E-state index < -0.39 is 12.0 Å². The fourth-order valence-corrected chi connectivity index (χ4v) is 5.28. The van der Waals surface area contributed by atoms with Crippen LogP contribution in [0, 0.1) is 0 Å². The van der Waals surface area contributed by atoms with Crippen LogP contribution in [0.4, 0.5) is 0 Å². The molecule has 0 radical (unpaired) electrons. The number of carbonyl (C=O) groups excluding carboxylic acids is 2. The van der Waals surface area contributed by atoms with E-state index in [4.69, 9.17) is 10.5 Å². The van der Waals surface area contributed by atoms with Crippen LogP contribution in [-0.4, -0.2) is 41.6 Å². The quantitative estimate of drug-likeness (QED) is 0.0371. The number of amides is 1. The van der Waals surface area contributed by atoms with E-state index in [0.29, 0.717) is 38.6 Å². The van der Waals surface area contributed by atoms with Crippen LogP contribution in [0.15, 0.2) is 36.5 Å². The molecule has 2 atom stereocenters. The summed E-state index contributed by atoms with van der Waals surface area (Å²) in [5, 5.41) is 11.9. The molecule has 1 amide bonds. The number of carboxylic acids is 1. The third-order valence-corrected chi connectivity index (χ3v) is 8.14. The van der Waals surface area contributed by atoms with Gasteiger partial charge in [-0.15, -0.1) is 0 Å². The highest BCUT2D eigenvalue weighted by Crippen LogP contribution is 2.15. The molecular formula is C39H70N2O5. The zero-order valence-electron chi connectivity index (χ0n) is 29.7. The minimum Gasteiger partial charge on any atom is -0.480 e. The maximum absolute atomic E-state index is 12.6. The summed E-state index contributed by atoms with van der Waals surface area (Å²) in [5.74, 6) is -1.35. The van der Waals surface area contributed by atoms with Crippen LogP contribution in [0.5, 0.6) is 0 Å². The standard InChI is InChI=1S/C39H70N2O5/c1-3-5-7-9-11-13-14-15-16-17-19-21-27-33-38(43)46-35(29-24-20-18-12-10-8-6-4-2)30-25-22-23-26-32-37(42)41-36(39(44)45)31-28-34-40/h7,9,13-14,24,29,35-36H,3-6,8,10-12,15-23,25-28,30-34,40H2,1-2H3,(H,41,42)(H,44,45)/b9-7-,14-13-,29-24-. The number of unbranched alkanes of at least 4 members (excludes halogenated alkanes) is 15. The van der Waals surface area contributed by atoms with Gasteiger partial charge >= 0.3 is 11.9 Å². The van der Waals surface area contributed by atoms with Gasteiger partial charge in [0.2, 0.25) is 5.91 Å². The molecule has 0 fully saturated rings. The van der Waals surface area contributed by atoms with Gasteiger partial charge in [-0.2, -0.15) is 0 Å². The highest BCUT2D eigenvalue weighted by molar-refractivity contribution is 5.83. The second kappa shape index (κ2) is 33.9. The molecule has 0 aliphatic heterocycles. The van der Waals surface area contributed by atoms with Crippen molar-refractivity contribution in [2.45, 2.75) is 187 Å². The maximum Gasteiger partial charge on any atom is 0.326 e. The number of aliphatic carboxylic acids is 1. The van der Waals surface area contributed by atoms with Crippen molar-refractivity contribution in [2.24, 2.45) is 5.73 Å². The summed E-state index contributed by atoms with van der Waals surface area (Å²) in [7, 11) is 0. The Labute approximate surface area is 282 Å². The fourth-order valence-electron chi connectivity index (χ4n) is 5.28. The van der Waals surface area contributed by atoms with Crippen LogP contribution in [0.3, 0.4) is 0 Å². The maximum atomic E-state index is 12.6. The molecule has 0 spiro atoms. The summed E-state index contributed by atoms with van der Waals surface area (Å²) in [6.45, 7) is 4.83. The van der Waals surface area contributed by atoms with Gasteiger partial charge in [-0.25, -0.2) is 4.79 Å². The molecule has 7 heteroatoms. The van der Waals surface area contributed by atoms with Crippen molar-refractivity contribution >= 4 is 17.8 Å². The fraction of sp³-hybridized carbons (Fsp3) is 0.769. The molecule has 4 N–H and O–H groups in total. The van der Waals surface area contributed by atoms with Crippen LogP contribution < -0.4 is 11.1 Å².